The zero-order chi connectivity index (χ0) is 18.3. The van der Waals surface area contributed by atoms with Gasteiger partial charge in [-0.1, -0.05) is 0 Å². The van der Waals surface area contributed by atoms with Crippen LogP contribution in [0.15, 0.2) is 46.2 Å². The number of carbonyl (C=O) groups is 1. The van der Waals surface area contributed by atoms with Crippen molar-refractivity contribution in [2.75, 3.05) is 11.5 Å². The highest BCUT2D eigenvalue weighted by Gasteiger charge is 2.20. The van der Waals surface area contributed by atoms with Crippen LogP contribution >= 0.6 is 0 Å². The third kappa shape index (κ3) is 3.54. The van der Waals surface area contributed by atoms with Gasteiger partial charge in [-0.3, -0.25) is 13.9 Å². The Morgan fingerprint density at radius 3 is 1.38 bits per heavy atom. The van der Waals surface area contributed by atoms with Gasteiger partial charge in [-0.2, -0.15) is 16.8 Å². The molecule has 2 rings (SSSR count). The number of carbonyl (C=O) groups excluding carboxylic acids is 1. The summed E-state index contributed by atoms with van der Waals surface area (Å²) in [6.07, 6.45) is 0. The molecule has 2 aromatic rings. The molecule has 0 radical (unpaired) electrons. The number of nitrogen functional groups attached to an aromatic ring is 2. The number of benzene rings is 2. The van der Waals surface area contributed by atoms with E-state index in [0.717, 1.165) is 24.3 Å². The van der Waals surface area contributed by atoms with E-state index in [0.29, 0.717) is 0 Å². The summed E-state index contributed by atoms with van der Waals surface area (Å²) in [7, 11) is -9.29. The number of nitrogens with two attached hydrogens (primary N) is 2. The molecule has 2 aromatic carbocycles. The minimum Gasteiger partial charge on any atom is -0.398 e. The Kier molecular flexibility index (Phi) is 4.37. The van der Waals surface area contributed by atoms with Crippen LogP contribution in [0.5, 0.6) is 0 Å². The monoisotopic (exact) mass is 372 g/mol. The van der Waals surface area contributed by atoms with Crippen LogP contribution < -0.4 is 11.5 Å². The van der Waals surface area contributed by atoms with Crippen LogP contribution in [0.25, 0.3) is 0 Å². The SMILES string of the molecule is Nc1ccc(C(=O)c2ccc(N)c(S(=O)(=O)O)c2)cc1S(=O)(=O)O. The molecule has 24 heavy (non-hydrogen) atoms. The predicted molar refractivity (Wildman–Crippen MR) is 84.8 cm³/mol. The van der Waals surface area contributed by atoms with Gasteiger partial charge < -0.3 is 11.5 Å². The molecule has 0 saturated heterocycles. The molecule has 0 amide bonds. The van der Waals surface area contributed by atoms with Crippen molar-refractivity contribution in [2.24, 2.45) is 0 Å². The Balaban J connectivity index is 2.59. The number of hydrogen-bond acceptors (Lipinski definition) is 7. The average molecular weight is 372 g/mol. The number of hydrogen-bond donors (Lipinski definition) is 4. The molecule has 9 nitrogen and oxygen atoms in total. The van der Waals surface area contributed by atoms with Crippen LogP contribution in [0.3, 0.4) is 0 Å². The molecule has 0 heterocycles. The van der Waals surface area contributed by atoms with E-state index in [2.05, 4.69) is 0 Å². The fourth-order valence-corrected chi connectivity index (χ4v) is 3.25. The van der Waals surface area contributed by atoms with Crippen molar-refractivity contribution in [3.63, 3.8) is 0 Å². The van der Waals surface area contributed by atoms with E-state index in [1.54, 1.807) is 0 Å². The van der Waals surface area contributed by atoms with Crippen molar-refractivity contribution >= 4 is 37.4 Å². The van der Waals surface area contributed by atoms with Gasteiger partial charge in [0.1, 0.15) is 9.79 Å². The highest BCUT2D eigenvalue weighted by Crippen LogP contribution is 2.24. The summed E-state index contributed by atoms with van der Waals surface area (Å²) in [5, 5.41) is 0. The van der Waals surface area contributed by atoms with Crippen LogP contribution in [0, 0.1) is 0 Å². The van der Waals surface area contributed by atoms with Crippen LogP contribution in [-0.2, 0) is 20.2 Å². The van der Waals surface area contributed by atoms with Crippen LogP contribution in [0.1, 0.15) is 15.9 Å². The molecule has 128 valence electrons. The van der Waals surface area contributed by atoms with Crippen molar-refractivity contribution < 1.29 is 30.7 Å². The van der Waals surface area contributed by atoms with E-state index in [1.165, 1.54) is 12.1 Å². The zero-order valence-electron chi connectivity index (χ0n) is 11.9. The topological polar surface area (TPSA) is 178 Å². The summed E-state index contributed by atoms with van der Waals surface area (Å²) in [5.74, 6) is -0.759. The number of ketones is 1. The molecular formula is C13H12N2O7S2. The van der Waals surface area contributed by atoms with Crippen molar-refractivity contribution in [1.82, 2.24) is 0 Å². The quantitative estimate of drug-likeness (QED) is 0.339. The fraction of sp³-hybridized carbons (Fsp3) is 0. The molecule has 0 unspecified atom stereocenters. The van der Waals surface area contributed by atoms with Gasteiger partial charge in [-0.25, -0.2) is 0 Å². The largest absolute Gasteiger partial charge is 0.398 e. The normalized spacial score (nSPS) is 12.1. The maximum absolute atomic E-state index is 12.4. The van der Waals surface area contributed by atoms with E-state index in [1.807, 2.05) is 0 Å². The Morgan fingerprint density at radius 2 is 1.08 bits per heavy atom. The summed E-state index contributed by atoms with van der Waals surface area (Å²) in [5.41, 5.74) is 10.0. The summed E-state index contributed by atoms with van der Waals surface area (Å²) in [6, 6.07) is 6.34. The molecule has 0 aliphatic rings. The van der Waals surface area contributed by atoms with Crippen molar-refractivity contribution in [3.05, 3.63) is 47.5 Å². The lowest BCUT2D eigenvalue weighted by Crippen LogP contribution is -2.09. The third-order valence-corrected chi connectivity index (χ3v) is 4.93. The minimum atomic E-state index is -4.64. The molecule has 0 aliphatic carbocycles. The Hall–Kier alpha value is -2.47. The highest BCUT2D eigenvalue weighted by atomic mass is 32.2. The van der Waals surface area contributed by atoms with Gasteiger partial charge in [0.05, 0.1) is 11.4 Å². The lowest BCUT2D eigenvalue weighted by Gasteiger charge is -2.08. The van der Waals surface area contributed by atoms with Crippen LogP contribution in [0.4, 0.5) is 11.4 Å². The van der Waals surface area contributed by atoms with Gasteiger partial charge in [0.2, 0.25) is 0 Å². The van der Waals surface area contributed by atoms with Crippen molar-refractivity contribution in [2.45, 2.75) is 9.79 Å². The van der Waals surface area contributed by atoms with Crippen LogP contribution in [-0.4, -0.2) is 31.7 Å². The summed E-state index contributed by atoms with van der Waals surface area (Å²) < 4.78 is 63.1. The van der Waals surface area contributed by atoms with Gasteiger partial charge in [-0.15, -0.1) is 0 Å². The second-order valence-corrected chi connectivity index (χ2v) is 7.56. The molecule has 0 atom stereocenters. The molecule has 6 N–H and O–H groups in total. The molecule has 0 bridgehead atoms. The van der Waals surface area contributed by atoms with Crippen molar-refractivity contribution in [3.8, 4) is 0 Å². The molecule has 0 saturated carbocycles. The van der Waals surface area contributed by atoms with E-state index in [-0.39, 0.29) is 22.5 Å². The second kappa shape index (κ2) is 5.87. The lowest BCUT2D eigenvalue weighted by atomic mass is 10.0. The Labute approximate surface area is 137 Å². The average Bonchev–Trinajstić information content (AvgIpc) is 2.45. The molecule has 0 aromatic heterocycles. The van der Waals surface area contributed by atoms with E-state index >= 15 is 0 Å². The van der Waals surface area contributed by atoms with Gasteiger partial charge in [0.15, 0.2) is 5.78 Å². The second-order valence-electron chi connectivity index (χ2n) is 4.78. The van der Waals surface area contributed by atoms with E-state index in [9.17, 15) is 21.6 Å². The molecule has 0 fully saturated rings. The standard InChI is InChI=1S/C13H12N2O7S2/c14-9-3-1-7(5-11(9)23(17,18)19)13(16)8-2-4-10(15)12(6-8)24(20,21)22/h1-6H,14-15H2,(H,17,18,19)(H,20,21,22). The first kappa shape index (κ1) is 17.9. The third-order valence-electron chi connectivity index (χ3n) is 3.11. The predicted octanol–water partition coefficient (Wildman–Crippen LogP) is 0.575. The minimum absolute atomic E-state index is 0.164. The van der Waals surface area contributed by atoms with Gasteiger partial charge in [0.25, 0.3) is 20.2 Å². The Bertz CT molecular complexity index is 960. The Morgan fingerprint density at radius 1 is 0.750 bits per heavy atom. The summed E-state index contributed by atoms with van der Waals surface area (Å²) in [6.45, 7) is 0. The summed E-state index contributed by atoms with van der Waals surface area (Å²) in [4.78, 5) is 11.1. The highest BCUT2D eigenvalue weighted by molar-refractivity contribution is 7.86. The zero-order valence-corrected chi connectivity index (χ0v) is 13.5. The maximum Gasteiger partial charge on any atom is 0.296 e. The molecule has 0 spiro atoms. The van der Waals surface area contributed by atoms with E-state index in [4.69, 9.17) is 20.6 Å². The first-order chi connectivity index (χ1) is 10.9. The smallest absolute Gasteiger partial charge is 0.296 e. The van der Waals surface area contributed by atoms with Crippen molar-refractivity contribution in [1.29, 1.82) is 0 Å². The molecule has 11 heteroatoms. The maximum atomic E-state index is 12.4. The fourth-order valence-electron chi connectivity index (χ4n) is 1.96. The van der Waals surface area contributed by atoms with Crippen LogP contribution in [0.2, 0.25) is 0 Å². The first-order valence-electron chi connectivity index (χ1n) is 6.20. The molecule has 0 aliphatic heterocycles. The van der Waals surface area contributed by atoms with E-state index < -0.39 is 35.8 Å². The van der Waals surface area contributed by atoms with Gasteiger partial charge >= 0.3 is 0 Å². The lowest BCUT2D eigenvalue weighted by molar-refractivity contribution is 0.103. The first-order valence-corrected chi connectivity index (χ1v) is 9.08. The summed E-state index contributed by atoms with van der Waals surface area (Å²) >= 11 is 0. The molecular weight excluding hydrogens is 360 g/mol. The van der Waals surface area contributed by atoms with Gasteiger partial charge in [0, 0.05) is 11.1 Å². The van der Waals surface area contributed by atoms with Gasteiger partial charge in [-0.05, 0) is 36.4 Å². The number of anilines is 2. The number of rotatable bonds is 4.